The summed E-state index contributed by atoms with van der Waals surface area (Å²) < 4.78 is 0. The largest absolute Gasteiger partial charge is 0.481 e. The summed E-state index contributed by atoms with van der Waals surface area (Å²) in [6.45, 7) is 4.95. The third kappa shape index (κ3) is 2.72. The van der Waals surface area contributed by atoms with Crippen molar-refractivity contribution in [1.82, 2.24) is 0 Å². The smallest absolute Gasteiger partial charge is 0.309 e. The van der Waals surface area contributed by atoms with E-state index in [4.69, 9.17) is 10.8 Å². The Morgan fingerprint density at radius 3 is 2.15 bits per heavy atom. The minimum absolute atomic E-state index is 0.522. The summed E-state index contributed by atoms with van der Waals surface area (Å²) in [7, 11) is 0. The lowest BCUT2D eigenvalue weighted by molar-refractivity contribution is -0.153. The van der Waals surface area contributed by atoms with Crippen molar-refractivity contribution in [1.29, 1.82) is 0 Å². The number of primary amides is 1. The van der Waals surface area contributed by atoms with Crippen LogP contribution in [0.1, 0.15) is 33.6 Å². The van der Waals surface area contributed by atoms with Gasteiger partial charge in [-0.2, -0.15) is 0 Å². The lowest BCUT2D eigenvalue weighted by atomic mass is 9.76. The Morgan fingerprint density at radius 1 is 1.46 bits per heavy atom. The Kier molecular flexibility index (Phi) is 3.91. The van der Waals surface area contributed by atoms with Gasteiger partial charge in [0, 0.05) is 0 Å². The first-order chi connectivity index (χ1) is 5.84. The van der Waals surface area contributed by atoms with Crippen LogP contribution in [0.5, 0.6) is 0 Å². The van der Waals surface area contributed by atoms with Crippen LogP contribution in [0.4, 0.5) is 0 Å². The van der Waals surface area contributed by atoms with Gasteiger partial charge in [-0.15, -0.1) is 0 Å². The van der Waals surface area contributed by atoms with Crippen molar-refractivity contribution in [2.45, 2.75) is 33.6 Å². The number of nitrogens with two attached hydrogens (primary N) is 1. The van der Waals surface area contributed by atoms with Gasteiger partial charge in [-0.1, -0.05) is 13.3 Å². The minimum Gasteiger partial charge on any atom is -0.481 e. The van der Waals surface area contributed by atoms with Gasteiger partial charge >= 0.3 is 5.97 Å². The number of aliphatic carboxylic acids is 1. The quantitative estimate of drug-likeness (QED) is 0.673. The average molecular weight is 187 g/mol. The summed E-state index contributed by atoms with van der Waals surface area (Å²) in [5, 5.41) is 8.88. The fraction of sp³-hybridized carbons (Fsp3) is 0.778. The molecule has 0 saturated heterocycles. The monoisotopic (exact) mass is 187 g/mol. The molecule has 0 fully saturated rings. The molecule has 4 heteroatoms. The number of carbonyl (C=O) groups excluding carboxylic acids is 1. The van der Waals surface area contributed by atoms with Crippen LogP contribution in [0, 0.1) is 11.3 Å². The second-order valence-electron chi connectivity index (χ2n) is 3.77. The highest BCUT2D eigenvalue weighted by molar-refractivity contribution is 5.85. The molecular weight excluding hydrogens is 170 g/mol. The first kappa shape index (κ1) is 11.9. The zero-order chi connectivity index (χ0) is 10.6. The molecule has 13 heavy (non-hydrogen) atoms. The Hall–Kier alpha value is -1.06. The summed E-state index contributed by atoms with van der Waals surface area (Å²) in [4.78, 5) is 21.8. The number of carbonyl (C=O) groups is 2. The van der Waals surface area contributed by atoms with Gasteiger partial charge in [-0.05, 0) is 20.3 Å². The molecule has 0 aliphatic rings. The molecule has 0 heterocycles. The van der Waals surface area contributed by atoms with Crippen molar-refractivity contribution in [2.24, 2.45) is 17.1 Å². The Labute approximate surface area is 78.1 Å². The molecule has 0 saturated carbocycles. The molecule has 3 N–H and O–H groups in total. The van der Waals surface area contributed by atoms with E-state index in [-0.39, 0.29) is 0 Å². The van der Waals surface area contributed by atoms with Crippen LogP contribution in [0.3, 0.4) is 0 Å². The molecule has 0 radical (unpaired) electrons. The van der Waals surface area contributed by atoms with Crippen molar-refractivity contribution in [3.63, 3.8) is 0 Å². The first-order valence-electron chi connectivity index (χ1n) is 4.36. The van der Waals surface area contributed by atoms with Crippen molar-refractivity contribution < 1.29 is 14.7 Å². The van der Waals surface area contributed by atoms with Crippen LogP contribution in [0.2, 0.25) is 0 Å². The predicted octanol–water partition coefficient (Wildman–Crippen LogP) is 0.999. The van der Waals surface area contributed by atoms with E-state index in [1.807, 2.05) is 6.92 Å². The molecule has 1 atom stereocenters. The minimum atomic E-state index is -1.07. The van der Waals surface area contributed by atoms with Crippen molar-refractivity contribution >= 4 is 11.9 Å². The van der Waals surface area contributed by atoms with Gasteiger partial charge < -0.3 is 10.8 Å². The van der Waals surface area contributed by atoms with Crippen LogP contribution < -0.4 is 5.73 Å². The molecule has 0 rings (SSSR count). The number of carboxylic acid groups (broad SMARTS) is 1. The third-order valence-electron chi connectivity index (χ3n) is 2.34. The number of hydrogen-bond acceptors (Lipinski definition) is 2. The summed E-state index contributed by atoms with van der Waals surface area (Å²) in [6.07, 6.45) is 1.28. The van der Waals surface area contributed by atoms with E-state index in [9.17, 15) is 9.59 Å². The maximum Gasteiger partial charge on any atom is 0.309 e. The van der Waals surface area contributed by atoms with Crippen LogP contribution in [0.15, 0.2) is 0 Å². The Balaban J connectivity index is 4.71. The van der Waals surface area contributed by atoms with Crippen LogP contribution >= 0.6 is 0 Å². The van der Waals surface area contributed by atoms with E-state index in [2.05, 4.69) is 0 Å². The van der Waals surface area contributed by atoms with Gasteiger partial charge in [0.1, 0.15) is 0 Å². The van der Waals surface area contributed by atoms with Crippen LogP contribution in [-0.4, -0.2) is 17.0 Å². The summed E-state index contributed by atoms with van der Waals surface area (Å²) in [5.74, 6) is -2.10. The van der Waals surface area contributed by atoms with Gasteiger partial charge in [0.25, 0.3) is 0 Å². The highest BCUT2D eigenvalue weighted by atomic mass is 16.4. The van der Waals surface area contributed by atoms with Gasteiger partial charge in [0.15, 0.2) is 0 Å². The summed E-state index contributed by atoms with van der Waals surface area (Å²) in [6, 6.07) is 0. The predicted molar refractivity (Wildman–Crippen MR) is 49.0 cm³/mol. The van der Waals surface area contributed by atoms with Gasteiger partial charge in [-0.25, -0.2) is 0 Å². The van der Waals surface area contributed by atoms with Crippen molar-refractivity contribution in [2.75, 3.05) is 0 Å². The molecular formula is C9H17NO3. The third-order valence-corrected chi connectivity index (χ3v) is 2.34. The van der Waals surface area contributed by atoms with Gasteiger partial charge in [0.2, 0.25) is 5.91 Å². The molecule has 4 nitrogen and oxygen atoms in total. The molecule has 0 aliphatic carbocycles. The molecule has 0 spiro atoms. The van der Waals surface area contributed by atoms with E-state index >= 15 is 0 Å². The van der Waals surface area contributed by atoms with E-state index in [1.165, 1.54) is 13.8 Å². The second kappa shape index (κ2) is 4.25. The molecule has 0 aliphatic heterocycles. The van der Waals surface area contributed by atoms with E-state index < -0.39 is 23.2 Å². The molecule has 0 aromatic heterocycles. The molecule has 0 aromatic rings. The lowest BCUT2D eigenvalue weighted by Crippen LogP contribution is -2.40. The van der Waals surface area contributed by atoms with E-state index in [0.717, 1.165) is 6.42 Å². The normalized spacial score (nSPS) is 13.8. The number of carboxylic acids is 1. The van der Waals surface area contributed by atoms with E-state index in [0.29, 0.717) is 6.42 Å². The topological polar surface area (TPSA) is 80.4 Å². The van der Waals surface area contributed by atoms with Gasteiger partial charge in [0.05, 0.1) is 11.3 Å². The molecule has 0 unspecified atom stereocenters. The maximum atomic E-state index is 11.0. The maximum absolute atomic E-state index is 11.0. The first-order valence-corrected chi connectivity index (χ1v) is 4.36. The highest BCUT2D eigenvalue weighted by Crippen LogP contribution is 2.30. The lowest BCUT2D eigenvalue weighted by Gasteiger charge is -2.27. The molecule has 76 valence electrons. The fourth-order valence-corrected chi connectivity index (χ4v) is 1.30. The Morgan fingerprint density at radius 2 is 1.92 bits per heavy atom. The molecule has 1 amide bonds. The number of amides is 1. The fourth-order valence-electron chi connectivity index (χ4n) is 1.30. The van der Waals surface area contributed by atoms with Crippen molar-refractivity contribution in [3.8, 4) is 0 Å². The number of hydrogen-bond donors (Lipinski definition) is 2. The van der Waals surface area contributed by atoms with Crippen LogP contribution in [0.25, 0.3) is 0 Å². The average Bonchev–Trinajstić information content (AvgIpc) is 1.98. The summed E-state index contributed by atoms with van der Waals surface area (Å²) in [5.41, 5.74) is 4.08. The highest BCUT2D eigenvalue weighted by Gasteiger charge is 2.39. The molecule has 0 aromatic carbocycles. The number of rotatable bonds is 5. The zero-order valence-electron chi connectivity index (χ0n) is 8.33. The SMILES string of the molecule is CCC[C@@H](C(N)=O)C(C)(C)C(=O)O. The van der Waals surface area contributed by atoms with Crippen LogP contribution in [-0.2, 0) is 9.59 Å². The van der Waals surface area contributed by atoms with Gasteiger partial charge in [-0.3, -0.25) is 9.59 Å². The Bertz CT molecular complexity index is 211. The van der Waals surface area contributed by atoms with Crippen molar-refractivity contribution in [3.05, 3.63) is 0 Å². The zero-order valence-corrected chi connectivity index (χ0v) is 8.33. The summed E-state index contributed by atoms with van der Waals surface area (Å²) >= 11 is 0. The second-order valence-corrected chi connectivity index (χ2v) is 3.77. The standard InChI is InChI=1S/C9H17NO3/c1-4-5-6(7(10)11)9(2,3)8(12)13/h6H,4-5H2,1-3H3,(H2,10,11)(H,12,13)/t6-/m0/s1. The molecule has 0 bridgehead atoms. The van der Waals surface area contributed by atoms with E-state index in [1.54, 1.807) is 0 Å².